The third kappa shape index (κ3) is 3.58. The molecule has 3 heteroatoms. The predicted molar refractivity (Wildman–Crippen MR) is 77.9 cm³/mol. The molecule has 0 aliphatic rings. The fraction of sp³-hybridized carbons (Fsp3) is 0.188. The van der Waals surface area contributed by atoms with E-state index in [-0.39, 0.29) is 0 Å². The van der Waals surface area contributed by atoms with Crippen molar-refractivity contribution in [3.63, 3.8) is 0 Å². The summed E-state index contributed by atoms with van der Waals surface area (Å²) in [6, 6.07) is 15.6. The molecule has 0 aliphatic heterocycles. The van der Waals surface area contributed by atoms with E-state index in [9.17, 15) is 0 Å². The van der Waals surface area contributed by atoms with E-state index in [0.717, 1.165) is 22.7 Å². The van der Waals surface area contributed by atoms with E-state index in [1.54, 1.807) is 7.11 Å². The number of ether oxygens (including phenoxy) is 2. The van der Waals surface area contributed by atoms with Crippen LogP contribution in [-0.4, -0.2) is 19.9 Å². The molecule has 0 bridgehead atoms. The molecule has 98 valence electrons. The number of para-hydroxylation sites is 1. The lowest BCUT2D eigenvalue weighted by molar-refractivity contribution is 0.311. The first-order chi connectivity index (χ1) is 9.33. The molecule has 0 aromatic heterocycles. The molecule has 0 aliphatic carbocycles. The van der Waals surface area contributed by atoms with E-state index in [1.165, 1.54) is 0 Å². The number of methoxy groups -OCH3 is 1. The van der Waals surface area contributed by atoms with Gasteiger partial charge in [0.25, 0.3) is 0 Å². The number of nitrogens with zero attached hydrogens (tertiary/aromatic N) is 1. The molecule has 2 aromatic carbocycles. The molecule has 0 atom stereocenters. The van der Waals surface area contributed by atoms with Crippen molar-refractivity contribution >= 4 is 11.9 Å². The number of hydrogen-bond donors (Lipinski definition) is 0. The van der Waals surface area contributed by atoms with E-state index in [1.807, 2.05) is 61.7 Å². The molecular weight excluding hydrogens is 238 g/mol. The Morgan fingerprint density at radius 1 is 1.05 bits per heavy atom. The average molecular weight is 255 g/mol. The SMILES string of the molecule is CCOc1ccc(C=Nc2ccccc2)cc1OC. The molecule has 0 heterocycles. The van der Waals surface area contributed by atoms with Crippen LogP contribution in [0.4, 0.5) is 5.69 Å². The second kappa shape index (κ2) is 6.59. The minimum absolute atomic E-state index is 0.619. The standard InChI is InChI=1S/C16H17NO2/c1-3-19-15-10-9-13(11-16(15)18-2)12-17-14-7-5-4-6-8-14/h4-12H,3H2,1-2H3. The Morgan fingerprint density at radius 2 is 1.84 bits per heavy atom. The van der Waals surface area contributed by atoms with Crippen LogP contribution in [-0.2, 0) is 0 Å². The Bertz CT molecular complexity index is 550. The highest BCUT2D eigenvalue weighted by Crippen LogP contribution is 2.27. The number of hydrogen-bond acceptors (Lipinski definition) is 3. The zero-order chi connectivity index (χ0) is 13.5. The largest absolute Gasteiger partial charge is 0.493 e. The van der Waals surface area contributed by atoms with Gasteiger partial charge in [0.2, 0.25) is 0 Å². The van der Waals surface area contributed by atoms with Crippen LogP contribution in [0, 0.1) is 0 Å². The van der Waals surface area contributed by atoms with Crippen LogP contribution >= 0.6 is 0 Å². The summed E-state index contributed by atoms with van der Waals surface area (Å²) < 4.78 is 10.8. The average Bonchev–Trinajstić information content (AvgIpc) is 2.47. The molecule has 2 rings (SSSR count). The van der Waals surface area contributed by atoms with E-state index < -0.39 is 0 Å². The minimum Gasteiger partial charge on any atom is -0.493 e. The fourth-order valence-corrected chi connectivity index (χ4v) is 1.70. The van der Waals surface area contributed by atoms with Gasteiger partial charge in [0.05, 0.1) is 19.4 Å². The van der Waals surface area contributed by atoms with E-state index >= 15 is 0 Å². The van der Waals surface area contributed by atoms with Crippen molar-refractivity contribution in [3.8, 4) is 11.5 Å². The minimum atomic E-state index is 0.619. The van der Waals surface area contributed by atoms with Crippen LogP contribution in [0.15, 0.2) is 53.5 Å². The Balaban J connectivity index is 2.19. The third-order valence-corrected chi connectivity index (χ3v) is 2.61. The van der Waals surface area contributed by atoms with Gasteiger partial charge in [-0.05, 0) is 42.8 Å². The topological polar surface area (TPSA) is 30.8 Å². The van der Waals surface area contributed by atoms with Gasteiger partial charge in [-0.25, -0.2) is 0 Å². The van der Waals surface area contributed by atoms with Gasteiger partial charge in [-0.15, -0.1) is 0 Å². The monoisotopic (exact) mass is 255 g/mol. The summed E-state index contributed by atoms with van der Waals surface area (Å²) in [5, 5.41) is 0. The zero-order valence-corrected chi connectivity index (χ0v) is 11.2. The Kier molecular flexibility index (Phi) is 4.56. The number of aliphatic imine (C=N–C) groups is 1. The van der Waals surface area contributed by atoms with E-state index in [2.05, 4.69) is 4.99 Å². The summed E-state index contributed by atoms with van der Waals surface area (Å²) in [6.07, 6.45) is 1.81. The maximum Gasteiger partial charge on any atom is 0.161 e. The van der Waals surface area contributed by atoms with Crippen LogP contribution in [0.1, 0.15) is 12.5 Å². The van der Waals surface area contributed by atoms with Crippen molar-refractivity contribution in [3.05, 3.63) is 54.1 Å². The molecule has 0 amide bonds. The molecule has 0 spiro atoms. The normalized spacial score (nSPS) is 10.6. The maximum atomic E-state index is 5.48. The second-order valence-electron chi connectivity index (χ2n) is 3.94. The van der Waals surface area contributed by atoms with Gasteiger partial charge in [-0.3, -0.25) is 4.99 Å². The van der Waals surface area contributed by atoms with Gasteiger partial charge < -0.3 is 9.47 Å². The van der Waals surface area contributed by atoms with E-state index in [0.29, 0.717) is 6.61 Å². The number of rotatable bonds is 5. The maximum absolute atomic E-state index is 5.48. The van der Waals surface area contributed by atoms with Gasteiger partial charge in [-0.2, -0.15) is 0 Å². The van der Waals surface area contributed by atoms with Crippen LogP contribution in [0.25, 0.3) is 0 Å². The third-order valence-electron chi connectivity index (χ3n) is 2.61. The highest BCUT2D eigenvalue weighted by molar-refractivity contribution is 5.83. The Morgan fingerprint density at radius 3 is 2.53 bits per heavy atom. The summed E-state index contributed by atoms with van der Waals surface area (Å²) in [5.74, 6) is 1.47. The second-order valence-corrected chi connectivity index (χ2v) is 3.94. The summed E-state index contributed by atoms with van der Waals surface area (Å²) in [5.41, 5.74) is 1.90. The quantitative estimate of drug-likeness (QED) is 0.760. The molecule has 0 radical (unpaired) electrons. The molecular formula is C16H17NO2. The summed E-state index contributed by atoms with van der Waals surface area (Å²) in [4.78, 5) is 4.41. The van der Waals surface area contributed by atoms with Crippen molar-refractivity contribution in [1.82, 2.24) is 0 Å². The van der Waals surface area contributed by atoms with Gasteiger partial charge in [0.15, 0.2) is 11.5 Å². The van der Waals surface area contributed by atoms with Crippen LogP contribution in [0.3, 0.4) is 0 Å². The fourth-order valence-electron chi connectivity index (χ4n) is 1.70. The van der Waals surface area contributed by atoms with Gasteiger partial charge >= 0.3 is 0 Å². The summed E-state index contributed by atoms with van der Waals surface area (Å²) in [7, 11) is 1.63. The molecule has 0 N–H and O–H groups in total. The Hall–Kier alpha value is -2.29. The lowest BCUT2D eigenvalue weighted by atomic mass is 10.2. The molecule has 0 fully saturated rings. The molecule has 19 heavy (non-hydrogen) atoms. The van der Waals surface area contributed by atoms with Crippen LogP contribution in [0.5, 0.6) is 11.5 Å². The van der Waals surface area contributed by atoms with Gasteiger partial charge in [-0.1, -0.05) is 18.2 Å². The smallest absolute Gasteiger partial charge is 0.161 e. The lowest BCUT2D eigenvalue weighted by Crippen LogP contribution is -1.96. The van der Waals surface area contributed by atoms with Crippen molar-refractivity contribution in [1.29, 1.82) is 0 Å². The van der Waals surface area contributed by atoms with Crippen molar-refractivity contribution in [2.45, 2.75) is 6.92 Å². The zero-order valence-electron chi connectivity index (χ0n) is 11.2. The predicted octanol–water partition coefficient (Wildman–Crippen LogP) is 3.84. The number of benzene rings is 2. The molecule has 3 nitrogen and oxygen atoms in total. The first-order valence-electron chi connectivity index (χ1n) is 6.23. The van der Waals surface area contributed by atoms with Crippen molar-refractivity contribution in [2.24, 2.45) is 4.99 Å². The molecule has 0 saturated heterocycles. The highest BCUT2D eigenvalue weighted by Gasteiger charge is 2.03. The first-order valence-corrected chi connectivity index (χ1v) is 6.23. The highest BCUT2D eigenvalue weighted by atomic mass is 16.5. The summed E-state index contributed by atoms with van der Waals surface area (Å²) >= 11 is 0. The van der Waals surface area contributed by atoms with E-state index in [4.69, 9.17) is 9.47 Å². The van der Waals surface area contributed by atoms with Crippen LogP contribution < -0.4 is 9.47 Å². The first kappa shape index (κ1) is 13.1. The summed E-state index contributed by atoms with van der Waals surface area (Å²) in [6.45, 7) is 2.57. The molecule has 0 unspecified atom stereocenters. The van der Waals surface area contributed by atoms with Gasteiger partial charge in [0, 0.05) is 6.21 Å². The van der Waals surface area contributed by atoms with Crippen molar-refractivity contribution in [2.75, 3.05) is 13.7 Å². The lowest BCUT2D eigenvalue weighted by Gasteiger charge is -2.09. The molecule has 0 saturated carbocycles. The molecule has 2 aromatic rings. The van der Waals surface area contributed by atoms with Crippen LogP contribution in [0.2, 0.25) is 0 Å². The van der Waals surface area contributed by atoms with Crippen molar-refractivity contribution < 1.29 is 9.47 Å². The Labute approximate surface area is 113 Å². The van der Waals surface area contributed by atoms with Gasteiger partial charge in [0.1, 0.15) is 0 Å².